The van der Waals surface area contributed by atoms with Crippen LogP contribution in [0.4, 0.5) is 5.69 Å². The number of aryl methyl sites for hydroxylation is 1. The van der Waals surface area contributed by atoms with Crippen molar-refractivity contribution in [1.29, 1.82) is 0 Å². The SMILES string of the molecule is COc1cc(Cl)c(C)cc1NC(=O)[C@H](C)OC(=O)c1cc(Cl)ccc1OC. The summed E-state index contributed by atoms with van der Waals surface area (Å²) in [7, 11) is 2.89. The molecule has 1 atom stereocenters. The van der Waals surface area contributed by atoms with E-state index in [2.05, 4.69) is 5.32 Å². The number of nitrogens with one attached hydrogen (secondary N) is 1. The molecule has 0 radical (unpaired) electrons. The lowest BCUT2D eigenvalue weighted by molar-refractivity contribution is -0.123. The van der Waals surface area contributed by atoms with E-state index in [4.69, 9.17) is 37.4 Å². The van der Waals surface area contributed by atoms with Gasteiger partial charge in [0.2, 0.25) is 0 Å². The molecule has 0 saturated carbocycles. The predicted octanol–water partition coefficient (Wildman–Crippen LogP) is 4.50. The molecule has 0 spiro atoms. The zero-order valence-corrected chi connectivity index (χ0v) is 16.8. The van der Waals surface area contributed by atoms with Gasteiger partial charge in [0.1, 0.15) is 17.1 Å². The van der Waals surface area contributed by atoms with Gasteiger partial charge in [-0.1, -0.05) is 23.2 Å². The highest BCUT2D eigenvalue weighted by molar-refractivity contribution is 6.31. The number of carbonyl (C=O) groups is 2. The molecule has 0 aliphatic heterocycles. The van der Waals surface area contributed by atoms with Crippen LogP contribution in [0.15, 0.2) is 30.3 Å². The fourth-order valence-electron chi connectivity index (χ4n) is 2.28. The second-order valence-electron chi connectivity index (χ2n) is 5.68. The summed E-state index contributed by atoms with van der Waals surface area (Å²) in [6.45, 7) is 3.26. The summed E-state index contributed by atoms with van der Waals surface area (Å²) in [5.74, 6) is -0.554. The fraction of sp³-hybridized carbons (Fsp3) is 0.263. The van der Waals surface area contributed by atoms with E-state index < -0.39 is 18.0 Å². The van der Waals surface area contributed by atoms with Crippen LogP contribution < -0.4 is 14.8 Å². The topological polar surface area (TPSA) is 73.9 Å². The number of ether oxygens (including phenoxy) is 3. The van der Waals surface area contributed by atoms with Crippen LogP contribution in [0.25, 0.3) is 0 Å². The molecule has 0 bridgehead atoms. The lowest BCUT2D eigenvalue weighted by atomic mass is 10.2. The zero-order chi connectivity index (χ0) is 20.1. The molecule has 2 aromatic rings. The van der Waals surface area contributed by atoms with Gasteiger partial charge in [-0.2, -0.15) is 0 Å². The van der Waals surface area contributed by atoms with Gasteiger partial charge in [-0.25, -0.2) is 4.79 Å². The Hall–Kier alpha value is -2.44. The largest absolute Gasteiger partial charge is 0.496 e. The standard InChI is InChI=1S/C19H19Cl2NO5/c1-10-7-15(17(26-4)9-14(10)21)22-18(23)11(2)27-19(24)13-8-12(20)5-6-16(13)25-3/h5-9,11H,1-4H3,(H,22,23)/t11-/m0/s1. The van der Waals surface area contributed by atoms with Crippen LogP contribution in [0.1, 0.15) is 22.8 Å². The molecule has 0 saturated heterocycles. The smallest absolute Gasteiger partial charge is 0.342 e. The van der Waals surface area contributed by atoms with Crippen molar-refractivity contribution in [2.75, 3.05) is 19.5 Å². The molecule has 0 heterocycles. The van der Waals surface area contributed by atoms with E-state index in [-0.39, 0.29) is 5.56 Å². The lowest BCUT2D eigenvalue weighted by Crippen LogP contribution is -2.30. The summed E-state index contributed by atoms with van der Waals surface area (Å²) in [5, 5.41) is 3.53. The summed E-state index contributed by atoms with van der Waals surface area (Å²) in [5.41, 5.74) is 1.32. The molecule has 0 aliphatic rings. The van der Waals surface area contributed by atoms with Gasteiger partial charge in [-0.15, -0.1) is 0 Å². The Bertz CT molecular complexity index is 869. The van der Waals surface area contributed by atoms with E-state index in [9.17, 15) is 9.59 Å². The average molecular weight is 412 g/mol. The van der Waals surface area contributed by atoms with Crippen LogP contribution in [0, 0.1) is 6.92 Å². The highest BCUT2D eigenvalue weighted by Gasteiger charge is 2.23. The van der Waals surface area contributed by atoms with E-state index >= 15 is 0 Å². The molecule has 0 aliphatic carbocycles. The van der Waals surface area contributed by atoms with Crippen LogP contribution in [-0.2, 0) is 9.53 Å². The van der Waals surface area contributed by atoms with Crippen LogP contribution in [0.2, 0.25) is 10.0 Å². The van der Waals surface area contributed by atoms with Gasteiger partial charge in [0.05, 0.1) is 19.9 Å². The highest BCUT2D eigenvalue weighted by Crippen LogP contribution is 2.31. The number of carbonyl (C=O) groups excluding carboxylic acids is 2. The van der Waals surface area contributed by atoms with Crippen molar-refractivity contribution in [3.63, 3.8) is 0 Å². The monoisotopic (exact) mass is 411 g/mol. The molecule has 2 aromatic carbocycles. The van der Waals surface area contributed by atoms with Crippen molar-refractivity contribution < 1.29 is 23.8 Å². The number of benzene rings is 2. The first-order chi connectivity index (χ1) is 12.8. The van der Waals surface area contributed by atoms with Crippen LogP contribution in [0.3, 0.4) is 0 Å². The van der Waals surface area contributed by atoms with Crippen molar-refractivity contribution in [3.05, 3.63) is 51.5 Å². The first kappa shape index (κ1) is 20.9. The summed E-state index contributed by atoms with van der Waals surface area (Å²) < 4.78 is 15.6. The molecule has 2 rings (SSSR count). The van der Waals surface area contributed by atoms with Gasteiger partial charge in [-0.3, -0.25) is 4.79 Å². The molecule has 0 aromatic heterocycles. The summed E-state index contributed by atoms with van der Waals surface area (Å²) >= 11 is 12.0. The minimum absolute atomic E-state index is 0.129. The number of anilines is 1. The summed E-state index contributed by atoms with van der Waals surface area (Å²) in [6.07, 6.45) is -1.07. The minimum Gasteiger partial charge on any atom is -0.496 e. The third kappa shape index (κ3) is 5.05. The fourth-order valence-corrected chi connectivity index (χ4v) is 2.61. The minimum atomic E-state index is -1.07. The molecule has 0 unspecified atom stereocenters. The van der Waals surface area contributed by atoms with Crippen LogP contribution >= 0.6 is 23.2 Å². The second kappa shape index (κ2) is 8.97. The van der Waals surface area contributed by atoms with Gasteiger partial charge < -0.3 is 19.5 Å². The third-order valence-corrected chi connectivity index (χ3v) is 4.42. The number of hydrogen-bond acceptors (Lipinski definition) is 5. The van der Waals surface area contributed by atoms with Gasteiger partial charge in [0, 0.05) is 16.1 Å². The number of esters is 1. The molecular formula is C19H19Cl2NO5. The Balaban J connectivity index is 2.14. The maximum absolute atomic E-state index is 12.4. The zero-order valence-electron chi connectivity index (χ0n) is 15.3. The van der Waals surface area contributed by atoms with E-state index in [0.29, 0.717) is 27.2 Å². The van der Waals surface area contributed by atoms with E-state index in [1.54, 1.807) is 31.2 Å². The van der Waals surface area contributed by atoms with Crippen molar-refractivity contribution in [3.8, 4) is 11.5 Å². The molecule has 27 heavy (non-hydrogen) atoms. The third-order valence-electron chi connectivity index (χ3n) is 3.77. The van der Waals surface area contributed by atoms with Gasteiger partial charge >= 0.3 is 5.97 Å². The Morgan fingerprint density at radius 3 is 2.33 bits per heavy atom. The highest BCUT2D eigenvalue weighted by atomic mass is 35.5. The first-order valence-corrected chi connectivity index (χ1v) is 8.72. The maximum atomic E-state index is 12.4. The van der Waals surface area contributed by atoms with Crippen molar-refractivity contribution in [1.82, 2.24) is 0 Å². The average Bonchev–Trinajstić information content (AvgIpc) is 2.64. The molecule has 6 nitrogen and oxygen atoms in total. The lowest BCUT2D eigenvalue weighted by Gasteiger charge is -2.17. The molecule has 0 fully saturated rings. The first-order valence-electron chi connectivity index (χ1n) is 7.96. The van der Waals surface area contributed by atoms with Gasteiger partial charge in [-0.05, 0) is 43.7 Å². The quantitative estimate of drug-likeness (QED) is 0.708. The van der Waals surface area contributed by atoms with Crippen LogP contribution in [-0.4, -0.2) is 32.2 Å². The number of methoxy groups -OCH3 is 2. The second-order valence-corrected chi connectivity index (χ2v) is 6.53. The van der Waals surface area contributed by atoms with E-state index in [1.807, 2.05) is 0 Å². The Kier molecular flexibility index (Phi) is 6.93. The Morgan fingerprint density at radius 1 is 1.04 bits per heavy atom. The summed E-state index contributed by atoms with van der Waals surface area (Å²) in [6, 6.07) is 7.82. The summed E-state index contributed by atoms with van der Waals surface area (Å²) in [4.78, 5) is 24.8. The van der Waals surface area contributed by atoms with Gasteiger partial charge in [0.25, 0.3) is 5.91 Å². The van der Waals surface area contributed by atoms with Crippen molar-refractivity contribution >= 4 is 40.8 Å². The van der Waals surface area contributed by atoms with E-state index in [1.165, 1.54) is 27.2 Å². The number of amides is 1. The molecular weight excluding hydrogens is 393 g/mol. The normalized spacial score (nSPS) is 11.5. The molecule has 1 N–H and O–H groups in total. The Morgan fingerprint density at radius 2 is 1.70 bits per heavy atom. The van der Waals surface area contributed by atoms with E-state index in [0.717, 1.165) is 5.56 Å². The number of hydrogen-bond donors (Lipinski definition) is 1. The number of halogens is 2. The number of rotatable bonds is 6. The maximum Gasteiger partial charge on any atom is 0.342 e. The molecule has 144 valence electrons. The van der Waals surface area contributed by atoms with Crippen molar-refractivity contribution in [2.45, 2.75) is 20.0 Å². The van der Waals surface area contributed by atoms with Crippen LogP contribution in [0.5, 0.6) is 11.5 Å². The Labute approximate surface area is 167 Å². The van der Waals surface area contributed by atoms with Gasteiger partial charge in [0.15, 0.2) is 6.10 Å². The molecule has 1 amide bonds. The predicted molar refractivity (Wildman–Crippen MR) is 104 cm³/mol. The molecule has 8 heteroatoms. The van der Waals surface area contributed by atoms with Crippen molar-refractivity contribution in [2.24, 2.45) is 0 Å².